The van der Waals surface area contributed by atoms with Crippen molar-refractivity contribution in [3.63, 3.8) is 0 Å². The molecule has 1 fully saturated rings. The van der Waals surface area contributed by atoms with Gasteiger partial charge in [0.25, 0.3) is 0 Å². The van der Waals surface area contributed by atoms with Gasteiger partial charge in [0.2, 0.25) is 5.91 Å². The summed E-state index contributed by atoms with van der Waals surface area (Å²) in [5, 5.41) is 9.99. The van der Waals surface area contributed by atoms with Gasteiger partial charge in [0.05, 0.1) is 11.5 Å². The maximum absolute atomic E-state index is 12.5. The van der Waals surface area contributed by atoms with Gasteiger partial charge in [0, 0.05) is 19.6 Å². The molecule has 5 nitrogen and oxygen atoms in total. The number of hydrogen-bond donors (Lipinski definition) is 2. The van der Waals surface area contributed by atoms with Crippen molar-refractivity contribution < 1.29 is 27.8 Å². The Bertz CT molecular complexity index is 577. The molecule has 140 valence electrons. The third-order valence-electron chi connectivity index (χ3n) is 4.37. The van der Waals surface area contributed by atoms with Crippen LogP contribution in [-0.4, -0.2) is 48.3 Å². The van der Waals surface area contributed by atoms with Gasteiger partial charge in [-0.15, -0.1) is 0 Å². The van der Waals surface area contributed by atoms with E-state index in [1.54, 1.807) is 7.05 Å². The first-order chi connectivity index (χ1) is 11.7. The Morgan fingerprint density at radius 1 is 1.36 bits per heavy atom. The maximum atomic E-state index is 12.5. The molecule has 0 aliphatic heterocycles. The number of alkyl halides is 3. The summed E-state index contributed by atoms with van der Waals surface area (Å²) in [5.74, 6) is -0.0922. The standard InChI is InChI=1S/C17H23F3N2O3/c1-22(16(24)14-3-2-4-15(14)21)9-12(23)10-25-13-7-5-11(6-8-13)17(18,19)20/h5-8,12,14-15,23H,2-4,9-10,21H2,1H3/t12-,14-,15-/m0/s1. The van der Waals surface area contributed by atoms with Crippen LogP contribution < -0.4 is 10.5 Å². The van der Waals surface area contributed by atoms with Gasteiger partial charge in [-0.2, -0.15) is 13.2 Å². The lowest BCUT2D eigenvalue weighted by Crippen LogP contribution is -2.43. The zero-order valence-corrected chi connectivity index (χ0v) is 14.0. The molecule has 1 aromatic carbocycles. The van der Waals surface area contributed by atoms with E-state index in [-0.39, 0.29) is 36.8 Å². The van der Waals surface area contributed by atoms with Gasteiger partial charge < -0.3 is 20.5 Å². The molecule has 1 saturated carbocycles. The van der Waals surface area contributed by atoms with Crippen LogP contribution in [-0.2, 0) is 11.0 Å². The number of halogens is 3. The van der Waals surface area contributed by atoms with Crippen LogP contribution in [0, 0.1) is 5.92 Å². The molecule has 8 heteroatoms. The molecule has 0 aromatic heterocycles. The maximum Gasteiger partial charge on any atom is 0.416 e. The summed E-state index contributed by atoms with van der Waals surface area (Å²) in [6.45, 7) is -0.0532. The Hall–Kier alpha value is -1.80. The topological polar surface area (TPSA) is 75.8 Å². The highest BCUT2D eigenvalue weighted by atomic mass is 19.4. The highest BCUT2D eigenvalue weighted by Gasteiger charge is 2.33. The number of rotatable bonds is 6. The SMILES string of the molecule is CN(C[C@H](O)COc1ccc(C(F)(F)F)cc1)C(=O)[C@H]1CCC[C@@H]1N. The summed E-state index contributed by atoms with van der Waals surface area (Å²) >= 11 is 0. The van der Waals surface area contributed by atoms with E-state index < -0.39 is 17.8 Å². The number of benzene rings is 1. The Labute approximate surface area is 144 Å². The second-order valence-electron chi connectivity index (χ2n) is 6.41. The van der Waals surface area contributed by atoms with Crippen molar-refractivity contribution in [3.8, 4) is 5.75 Å². The fourth-order valence-electron chi connectivity index (χ4n) is 2.97. The van der Waals surface area contributed by atoms with Crippen LogP contribution in [0.5, 0.6) is 5.75 Å². The van der Waals surface area contributed by atoms with Crippen molar-refractivity contribution in [2.45, 2.75) is 37.6 Å². The Morgan fingerprint density at radius 3 is 2.52 bits per heavy atom. The predicted molar refractivity (Wildman–Crippen MR) is 85.9 cm³/mol. The van der Waals surface area contributed by atoms with E-state index in [0.717, 1.165) is 31.4 Å². The molecular weight excluding hydrogens is 337 g/mol. The minimum Gasteiger partial charge on any atom is -0.491 e. The minimum absolute atomic E-state index is 0.0721. The first-order valence-electron chi connectivity index (χ1n) is 8.17. The molecule has 1 aromatic rings. The molecule has 0 radical (unpaired) electrons. The second kappa shape index (κ2) is 8.05. The van der Waals surface area contributed by atoms with Crippen LogP contribution in [0.15, 0.2) is 24.3 Å². The minimum atomic E-state index is -4.40. The molecule has 1 aliphatic carbocycles. The van der Waals surface area contributed by atoms with Crippen LogP contribution >= 0.6 is 0 Å². The van der Waals surface area contributed by atoms with E-state index in [4.69, 9.17) is 10.5 Å². The van der Waals surface area contributed by atoms with Gasteiger partial charge in [-0.3, -0.25) is 4.79 Å². The highest BCUT2D eigenvalue weighted by Crippen LogP contribution is 2.30. The number of nitrogens with two attached hydrogens (primary N) is 1. The molecule has 25 heavy (non-hydrogen) atoms. The normalized spacial score (nSPS) is 21.8. The molecule has 2 rings (SSSR count). The van der Waals surface area contributed by atoms with E-state index in [1.807, 2.05) is 0 Å². The van der Waals surface area contributed by atoms with E-state index in [1.165, 1.54) is 17.0 Å². The van der Waals surface area contributed by atoms with E-state index in [9.17, 15) is 23.1 Å². The van der Waals surface area contributed by atoms with Crippen molar-refractivity contribution in [2.75, 3.05) is 20.2 Å². The van der Waals surface area contributed by atoms with Crippen molar-refractivity contribution >= 4 is 5.91 Å². The van der Waals surface area contributed by atoms with Gasteiger partial charge in [0.15, 0.2) is 0 Å². The number of aliphatic hydroxyl groups is 1. The van der Waals surface area contributed by atoms with Gasteiger partial charge >= 0.3 is 6.18 Å². The Morgan fingerprint density at radius 2 is 2.00 bits per heavy atom. The van der Waals surface area contributed by atoms with Crippen molar-refractivity contribution in [1.29, 1.82) is 0 Å². The number of hydrogen-bond acceptors (Lipinski definition) is 4. The molecule has 0 heterocycles. The van der Waals surface area contributed by atoms with Crippen LogP contribution in [0.4, 0.5) is 13.2 Å². The number of carbonyl (C=O) groups is 1. The summed E-state index contributed by atoms with van der Waals surface area (Å²) in [5.41, 5.74) is 5.15. The average molecular weight is 360 g/mol. The monoisotopic (exact) mass is 360 g/mol. The fourth-order valence-corrected chi connectivity index (χ4v) is 2.97. The molecular formula is C17H23F3N2O3. The number of ether oxygens (including phenoxy) is 1. The zero-order valence-electron chi connectivity index (χ0n) is 14.0. The summed E-state index contributed by atoms with van der Waals surface area (Å²) in [6.07, 6.45) is -2.85. The third-order valence-corrected chi connectivity index (χ3v) is 4.37. The lowest BCUT2D eigenvalue weighted by molar-refractivity contribution is -0.137. The quantitative estimate of drug-likeness (QED) is 0.814. The van der Waals surface area contributed by atoms with Gasteiger partial charge in [0.1, 0.15) is 18.5 Å². The third kappa shape index (κ3) is 5.34. The van der Waals surface area contributed by atoms with E-state index in [0.29, 0.717) is 0 Å². The molecule has 0 spiro atoms. The Balaban J connectivity index is 1.80. The number of aliphatic hydroxyl groups excluding tert-OH is 1. The summed E-state index contributed by atoms with van der Waals surface area (Å²) in [4.78, 5) is 13.7. The van der Waals surface area contributed by atoms with Gasteiger partial charge in [-0.1, -0.05) is 6.42 Å². The van der Waals surface area contributed by atoms with Gasteiger partial charge in [-0.25, -0.2) is 0 Å². The van der Waals surface area contributed by atoms with Crippen LogP contribution in [0.25, 0.3) is 0 Å². The first kappa shape index (κ1) is 19.5. The lowest BCUT2D eigenvalue weighted by atomic mass is 10.0. The predicted octanol–water partition coefficient (Wildman–Crippen LogP) is 2.03. The highest BCUT2D eigenvalue weighted by molar-refractivity contribution is 5.79. The van der Waals surface area contributed by atoms with E-state index in [2.05, 4.69) is 0 Å². The number of nitrogens with zero attached hydrogens (tertiary/aromatic N) is 1. The average Bonchev–Trinajstić information content (AvgIpc) is 2.97. The van der Waals surface area contributed by atoms with Crippen LogP contribution in [0.3, 0.4) is 0 Å². The summed E-state index contributed by atoms with van der Waals surface area (Å²) in [6, 6.07) is 4.08. The molecule has 0 saturated heterocycles. The van der Waals surface area contributed by atoms with Crippen molar-refractivity contribution in [2.24, 2.45) is 11.7 Å². The molecule has 1 aliphatic rings. The van der Waals surface area contributed by atoms with Crippen molar-refractivity contribution in [1.82, 2.24) is 4.90 Å². The molecule has 3 N–H and O–H groups in total. The first-order valence-corrected chi connectivity index (χ1v) is 8.17. The number of likely N-dealkylation sites (N-methyl/N-ethyl adjacent to an activating group) is 1. The largest absolute Gasteiger partial charge is 0.491 e. The molecule has 3 atom stereocenters. The van der Waals surface area contributed by atoms with Crippen LogP contribution in [0.2, 0.25) is 0 Å². The zero-order chi connectivity index (χ0) is 18.6. The smallest absolute Gasteiger partial charge is 0.416 e. The summed E-state index contributed by atoms with van der Waals surface area (Å²) < 4.78 is 42.7. The van der Waals surface area contributed by atoms with Gasteiger partial charge in [-0.05, 0) is 37.1 Å². The molecule has 1 amide bonds. The van der Waals surface area contributed by atoms with Crippen LogP contribution in [0.1, 0.15) is 24.8 Å². The molecule has 0 bridgehead atoms. The fraction of sp³-hybridized carbons (Fsp3) is 0.588. The molecule has 0 unspecified atom stereocenters. The summed E-state index contributed by atoms with van der Waals surface area (Å²) in [7, 11) is 1.59. The second-order valence-corrected chi connectivity index (χ2v) is 6.41. The van der Waals surface area contributed by atoms with E-state index >= 15 is 0 Å². The number of carbonyl (C=O) groups excluding carboxylic acids is 1. The Kier molecular flexibility index (Phi) is 6.29. The lowest BCUT2D eigenvalue weighted by Gasteiger charge is -2.25. The number of amides is 1. The van der Waals surface area contributed by atoms with Crippen molar-refractivity contribution in [3.05, 3.63) is 29.8 Å².